The molecule has 0 heterocycles. The number of nitrogens with one attached hydrogen (secondary N) is 1. The highest BCUT2D eigenvalue weighted by Gasteiger charge is 2.06. The maximum Gasteiger partial charge on any atom is 0.251 e. The first-order chi connectivity index (χ1) is 14.2. The number of aryl methyl sites for hydroxylation is 1. The molecule has 4 nitrogen and oxygen atoms in total. The van der Waals surface area contributed by atoms with Gasteiger partial charge in [0.1, 0.15) is 18.1 Å². The smallest absolute Gasteiger partial charge is 0.251 e. The highest BCUT2D eigenvalue weighted by atomic mass is 16.5. The van der Waals surface area contributed by atoms with Crippen molar-refractivity contribution in [2.45, 2.75) is 26.4 Å². The Morgan fingerprint density at radius 2 is 1.62 bits per heavy atom. The Morgan fingerprint density at radius 3 is 2.38 bits per heavy atom. The first-order valence-electron chi connectivity index (χ1n) is 10.0. The molecule has 0 atom stereocenters. The van der Waals surface area contributed by atoms with Gasteiger partial charge < -0.3 is 14.8 Å². The molecule has 0 saturated heterocycles. The van der Waals surface area contributed by atoms with Crippen LogP contribution < -0.4 is 14.8 Å². The van der Waals surface area contributed by atoms with E-state index < -0.39 is 0 Å². The summed E-state index contributed by atoms with van der Waals surface area (Å²) in [7, 11) is 0. The number of rotatable bonds is 10. The summed E-state index contributed by atoms with van der Waals surface area (Å²) in [5.41, 5.74) is 2.94. The molecule has 0 spiro atoms. The summed E-state index contributed by atoms with van der Waals surface area (Å²) < 4.78 is 11.3. The topological polar surface area (TPSA) is 47.6 Å². The minimum Gasteiger partial charge on any atom is -0.494 e. The molecule has 0 bridgehead atoms. The Bertz CT molecular complexity index is 891. The fourth-order valence-electron chi connectivity index (χ4n) is 2.98. The highest BCUT2D eigenvalue weighted by molar-refractivity contribution is 5.94. The van der Waals surface area contributed by atoms with Crippen molar-refractivity contribution in [2.75, 3.05) is 13.2 Å². The van der Waals surface area contributed by atoms with Gasteiger partial charge >= 0.3 is 0 Å². The number of hydrogen-bond acceptors (Lipinski definition) is 3. The normalized spacial score (nSPS) is 10.4. The van der Waals surface area contributed by atoms with E-state index in [4.69, 9.17) is 9.47 Å². The molecule has 0 unspecified atom stereocenters. The fraction of sp³-hybridized carbons (Fsp3) is 0.240. The van der Waals surface area contributed by atoms with Crippen LogP contribution in [0.1, 0.15) is 34.8 Å². The molecule has 0 aliphatic rings. The second-order valence-electron chi connectivity index (χ2n) is 6.74. The van der Waals surface area contributed by atoms with Gasteiger partial charge in [0, 0.05) is 12.1 Å². The number of carbonyl (C=O) groups is 1. The van der Waals surface area contributed by atoms with Gasteiger partial charge in [-0.05, 0) is 61.2 Å². The zero-order valence-corrected chi connectivity index (χ0v) is 16.8. The van der Waals surface area contributed by atoms with Crippen LogP contribution in [-0.2, 0) is 13.0 Å². The van der Waals surface area contributed by atoms with Crippen molar-refractivity contribution in [3.63, 3.8) is 0 Å². The maximum atomic E-state index is 12.4. The van der Waals surface area contributed by atoms with E-state index in [9.17, 15) is 4.79 Å². The van der Waals surface area contributed by atoms with Crippen LogP contribution in [0.25, 0.3) is 0 Å². The molecule has 0 aliphatic heterocycles. The van der Waals surface area contributed by atoms with E-state index in [1.807, 2.05) is 61.5 Å². The molecule has 4 heteroatoms. The van der Waals surface area contributed by atoms with E-state index in [2.05, 4.69) is 17.4 Å². The van der Waals surface area contributed by atoms with Gasteiger partial charge in [-0.15, -0.1) is 0 Å². The van der Waals surface area contributed by atoms with Crippen LogP contribution in [0.4, 0.5) is 0 Å². The largest absolute Gasteiger partial charge is 0.494 e. The predicted molar refractivity (Wildman–Crippen MR) is 115 cm³/mol. The highest BCUT2D eigenvalue weighted by Crippen LogP contribution is 2.16. The van der Waals surface area contributed by atoms with Crippen molar-refractivity contribution in [2.24, 2.45) is 0 Å². The summed E-state index contributed by atoms with van der Waals surface area (Å²) in [5.74, 6) is 1.50. The van der Waals surface area contributed by atoms with Gasteiger partial charge in [-0.2, -0.15) is 0 Å². The molecule has 3 aromatic rings. The first kappa shape index (κ1) is 20.5. The first-order valence-corrected chi connectivity index (χ1v) is 10.0. The minimum atomic E-state index is -0.0816. The Labute approximate surface area is 172 Å². The number of amides is 1. The number of hydrogen-bond donors (Lipinski definition) is 1. The van der Waals surface area contributed by atoms with Gasteiger partial charge in [0.15, 0.2) is 0 Å². The van der Waals surface area contributed by atoms with E-state index in [1.54, 1.807) is 12.1 Å². The zero-order valence-electron chi connectivity index (χ0n) is 16.8. The molecule has 0 saturated carbocycles. The van der Waals surface area contributed by atoms with Gasteiger partial charge in [0.25, 0.3) is 5.91 Å². The molecule has 150 valence electrons. The number of ether oxygens (including phenoxy) is 2. The lowest BCUT2D eigenvalue weighted by molar-refractivity contribution is 0.0952. The van der Waals surface area contributed by atoms with Crippen molar-refractivity contribution in [3.05, 3.63) is 95.6 Å². The van der Waals surface area contributed by atoms with Crippen LogP contribution in [0.3, 0.4) is 0 Å². The molecule has 3 rings (SSSR count). The molecular formula is C25H27NO3. The van der Waals surface area contributed by atoms with Gasteiger partial charge in [0.05, 0.1) is 6.61 Å². The van der Waals surface area contributed by atoms with Crippen LogP contribution in [0.5, 0.6) is 11.5 Å². The Balaban J connectivity index is 1.43. The molecule has 0 aromatic heterocycles. The second kappa shape index (κ2) is 10.9. The van der Waals surface area contributed by atoms with E-state index >= 15 is 0 Å². The Kier molecular flexibility index (Phi) is 7.70. The van der Waals surface area contributed by atoms with Crippen molar-refractivity contribution in [1.29, 1.82) is 0 Å². The van der Waals surface area contributed by atoms with E-state index in [0.29, 0.717) is 31.1 Å². The maximum absolute atomic E-state index is 12.4. The van der Waals surface area contributed by atoms with E-state index in [1.165, 1.54) is 5.56 Å². The lowest BCUT2D eigenvalue weighted by atomic mass is 10.1. The quantitative estimate of drug-likeness (QED) is 0.495. The predicted octanol–water partition coefficient (Wildman–Crippen LogP) is 5.03. The van der Waals surface area contributed by atoms with E-state index in [-0.39, 0.29) is 5.91 Å². The molecule has 0 aliphatic carbocycles. The third kappa shape index (κ3) is 6.68. The van der Waals surface area contributed by atoms with Crippen LogP contribution in [0.15, 0.2) is 78.9 Å². The fourth-order valence-corrected chi connectivity index (χ4v) is 2.98. The molecule has 1 N–H and O–H groups in total. The summed E-state index contributed by atoms with van der Waals surface area (Å²) in [6.07, 6.45) is 1.79. The van der Waals surface area contributed by atoms with Gasteiger partial charge in [-0.3, -0.25) is 4.79 Å². The average Bonchev–Trinajstić information content (AvgIpc) is 2.77. The Hall–Kier alpha value is -3.27. The molecular weight excluding hydrogens is 362 g/mol. The second-order valence-corrected chi connectivity index (χ2v) is 6.74. The lowest BCUT2D eigenvalue weighted by Gasteiger charge is -2.09. The van der Waals surface area contributed by atoms with Crippen LogP contribution >= 0.6 is 0 Å². The minimum absolute atomic E-state index is 0.0816. The molecule has 0 fully saturated rings. The van der Waals surface area contributed by atoms with Crippen molar-refractivity contribution in [1.82, 2.24) is 5.32 Å². The molecule has 1 amide bonds. The van der Waals surface area contributed by atoms with E-state index in [0.717, 1.165) is 24.2 Å². The third-order valence-electron chi connectivity index (χ3n) is 4.51. The summed E-state index contributed by atoms with van der Waals surface area (Å²) in [6.45, 7) is 3.75. The van der Waals surface area contributed by atoms with Gasteiger partial charge in [0.2, 0.25) is 0 Å². The van der Waals surface area contributed by atoms with Crippen LogP contribution in [0.2, 0.25) is 0 Å². The van der Waals surface area contributed by atoms with Crippen molar-refractivity contribution >= 4 is 5.91 Å². The summed E-state index contributed by atoms with van der Waals surface area (Å²) in [4.78, 5) is 12.4. The molecule has 3 aromatic carbocycles. The number of benzene rings is 3. The monoisotopic (exact) mass is 389 g/mol. The summed E-state index contributed by atoms with van der Waals surface area (Å²) in [6, 6.07) is 25.4. The summed E-state index contributed by atoms with van der Waals surface area (Å²) in [5, 5.41) is 2.98. The van der Waals surface area contributed by atoms with Crippen molar-refractivity contribution < 1.29 is 14.3 Å². The van der Waals surface area contributed by atoms with Gasteiger partial charge in [-0.25, -0.2) is 0 Å². The summed E-state index contributed by atoms with van der Waals surface area (Å²) >= 11 is 0. The van der Waals surface area contributed by atoms with Gasteiger partial charge in [-0.1, -0.05) is 48.5 Å². The number of carbonyl (C=O) groups excluding carboxylic acids is 1. The molecule has 29 heavy (non-hydrogen) atoms. The lowest BCUT2D eigenvalue weighted by Crippen LogP contribution is -2.24. The standard InChI is InChI=1S/C25H27NO3/c1-2-28-23-15-13-20(14-16-23)10-7-17-26-25(27)22-11-6-12-24(18-22)29-19-21-8-4-3-5-9-21/h3-6,8-9,11-16,18H,2,7,10,17,19H2,1H3,(H,26,27). The van der Waals surface area contributed by atoms with Crippen LogP contribution in [-0.4, -0.2) is 19.1 Å². The SMILES string of the molecule is CCOc1ccc(CCCNC(=O)c2cccc(OCc3ccccc3)c2)cc1. The third-order valence-corrected chi connectivity index (χ3v) is 4.51. The molecule has 0 radical (unpaired) electrons. The zero-order chi connectivity index (χ0) is 20.3. The average molecular weight is 389 g/mol. The van der Waals surface area contributed by atoms with Crippen molar-refractivity contribution in [3.8, 4) is 11.5 Å². The van der Waals surface area contributed by atoms with Crippen LogP contribution in [0, 0.1) is 0 Å². The Morgan fingerprint density at radius 1 is 0.828 bits per heavy atom.